The van der Waals surface area contributed by atoms with Gasteiger partial charge in [-0.1, -0.05) is 23.7 Å². The number of benzene rings is 1. The van der Waals surface area contributed by atoms with Gasteiger partial charge in [-0.3, -0.25) is 9.69 Å². The maximum Gasteiger partial charge on any atom is 0.433 e. The van der Waals surface area contributed by atoms with Crippen LogP contribution in [0.1, 0.15) is 23.0 Å². The van der Waals surface area contributed by atoms with E-state index in [-0.39, 0.29) is 22.8 Å². The Morgan fingerprint density at radius 3 is 2.61 bits per heavy atom. The van der Waals surface area contributed by atoms with Crippen molar-refractivity contribution in [1.29, 1.82) is 0 Å². The normalized spacial score (nSPS) is 18.1. The van der Waals surface area contributed by atoms with Gasteiger partial charge in [-0.25, -0.2) is 14.2 Å². The maximum absolute atomic E-state index is 13.5. The van der Waals surface area contributed by atoms with Crippen LogP contribution in [-0.2, 0) is 15.7 Å². The van der Waals surface area contributed by atoms with Gasteiger partial charge < -0.3 is 10.5 Å². The van der Waals surface area contributed by atoms with Crippen LogP contribution in [0.4, 0.5) is 22.4 Å². The zero-order chi connectivity index (χ0) is 20.6. The Morgan fingerprint density at radius 2 is 2.04 bits per heavy atom. The van der Waals surface area contributed by atoms with Crippen molar-refractivity contribution in [2.45, 2.75) is 18.3 Å². The Bertz CT molecular complexity index is 938. The van der Waals surface area contributed by atoms with E-state index in [0.717, 1.165) is 29.2 Å². The van der Waals surface area contributed by atoms with Crippen molar-refractivity contribution in [3.05, 3.63) is 64.2 Å². The average Bonchev–Trinajstić information content (AvgIpc) is 3.00. The van der Waals surface area contributed by atoms with Crippen LogP contribution in [0.3, 0.4) is 0 Å². The summed E-state index contributed by atoms with van der Waals surface area (Å²) in [7, 11) is 0. The van der Waals surface area contributed by atoms with Crippen LogP contribution in [-0.4, -0.2) is 34.5 Å². The predicted molar refractivity (Wildman–Crippen MR) is 88.7 cm³/mol. The van der Waals surface area contributed by atoms with Gasteiger partial charge in [-0.2, -0.15) is 13.2 Å². The van der Waals surface area contributed by atoms with Gasteiger partial charge in [0, 0.05) is 0 Å². The molecule has 0 aliphatic carbocycles. The largest absolute Gasteiger partial charge is 0.434 e. The average molecular weight is 418 g/mol. The first kappa shape index (κ1) is 19.9. The number of hydrogen-bond donors (Lipinski definition) is 1. The Kier molecular flexibility index (Phi) is 5.16. The number of ether oxygens (including phenoxy) is 1. The molecule has 2 N–H and O–H groups in total. The van der Waals surface area contributed by atoms with Crippen molar-refractivity contribution in [3.63, 3.8) is 0 Å². The number of halogens is 5. The molecule has 0 radical (unpaired) electrons. The van der Waals surface area contributed by atoms with Crippen molar-refractivity contribution in [1.82, 2.24) is 9.88 Å². The molecule has 1 aromatic carbocycles. The molecule has 1 aliphatic heterocycles. The first-order valence-electron chi connectivity index (χ1n) is 7.83. The highest BCUT2D eigenvalue weighted by molar-refractivity contribution is 6.30. The molecule has 2 atom stereocenters. The van der Waals surface area contributed by atoms with E-state index >= 15 is 0 Å². The molecule has 1 saturated heterocycles. The van der Waals surface area contributed by atoms with Crippen LogP contribution < -0.4 is 5.73 Å². The predicted octanol–water partition coefficient (Wildman–Crippen LogP) is 3.29. The Morgan fingerprint density at radius 1 is 1.32 bits per heavy atom. The highest BCUT2D eigenvalue weighted by Gasteiger charge is 2.41. The van der Waals surface area contributed by atoms with Crippen LogP contribution >= 0.6 is 11.6 Å². The summed E-state index contributed by atoms with van der Waals surface area (Å²) in [6.07, 6.45) is -6.98. The van der Waals surface area contributed by atoms with Crippen LogP contribution in [0.2, 0.25) is 5.02 Å². The Balaban J connectivity index is 2.11. The summed E-state index contributed by atoms with van der Waals surface area (Å²) in [4.78, 5) is 28.2. The van der Waals surface area contributed by atoms with Gasteiger partial charge in [0.15, 0.2) is 6.10 Å². The third kappa shape index (κ3) is 3.86. The molecule has 2 heterocycles. The molecule has 0 saturated carbocycles. The minimum Gasteiger partial charge on any atom is -0.434 e. The summed E-state index contributed by atoms with van der Waals surface area (Å²) in [6.45, 7) is -0.314. The van der Waals surface area contributed by atoms with Crippen molar-refractivity contribution in [3.8, 4) is 0 Å². The van der Waals surface area contributed by atoms with Gasteiger partial charge in [0.1, 0.15) is 17.6 Å². The number of cyclic esters (lactones) is 1. The topological polar surface area (TPSA) is 85.5 Å². The highest BCUT2D eigenvalue weighted by Crippen LogP contribution is 2.35. The van der Waals surface area contributed by atoms with Gasteiger partial charge in [0.2, 0.25) is 0 Å². The van der Waals surface area contributed by atoms with Crippen molar-refractivity contribution >= 4 is 23.6 Å². The number of aromatic nitrogens is 1. The second kappa shape index (κ2) is 7.27. The minimum atomic E-state index is -4.72. The van der Waals surface area contributed by atoms with Crippen LogP contribution in [0.25, 0.3) is 0 Å². The third-order valence-electron chi connectivity index (χ3n) is 4.07. The third-order valence-corrected chi connectivity index (χ3v) is 4.36. The number of carbonyl (C=O) groups excluding carboxylic acids is 2. The van der Waals surface area contributed by atoms with E-state index in [1.807, 2.05) is 0 Å². The lowest BCUT2D eigenvalue weighted by Crippen LogP contribution is -2.35. The number of carbonyl (C=O) groups is 2. The summed E-state index contributed by atoms with van der Waals surface area (Å²) < 4.78 is 57.6. The smallest absolute Gasteiger partial charge is 0.433 e. The van der Waals surface area contributed by atoms with E-state index in [2.05, 4.69) is 4.98 Å². The fourth-order valence-electron chi connectivity index (χ4n) is 2.79. The second-order valence-electron chi connectivity index (χ2n) is 5.95. The van der Waals surface area contributed by atoms with Gasteiger partial charge in [0.25, 0.3) is 5.91 Å². The number of amides is 2. The molecular weight excluding hydrogens is 406 g/mol. The molecular formula is C17H12ClF4N3O3. The van der Waals surface area contributed by atoms with E-state index in [9.17, 15) is 27.2 Å². The number of nitrogens with zero attached hydrogens (tertiary/aromatic N) is 2. The lowest BCUT2D eigenvalue weighted by molar-refractivity contribution is -0.141. The molecule has 28 heavy (non-hydrogen) atoms. The van der Waals surface area contributed by atoms with E-state index in [0.29, 0.717) is 0 Å². The fourth-order valence-corrected chi connectivity index (χ4v) is 2.98. The lowest BCUT2D eigenvalue weighted by Gasteiger charge is -2.26. The quantitative estimate of drug-likeness (QED) is 0.773. The fraction of sp³-hybridized carbons (Fsp3) is 0.235. The first-order valence-corrected chi connectivity index (χ1v) is 8.21. The van der Waals surface area contributed by atoms with Gasteiger partial charge in [-0.05, 0) is 29.8 Å². The van der Waals surface area contributed by atoms with Gasteiger partial charge in [0.05, 0.1) is 17.3 Å². The molecule has 1 aliphatic rings. The second-order valence-corrected chi connectivity index (χ2v) is 6.36. The SMILES string of the molecule is NC(=O)C1CN([C@H](c2ccc(F)c(Cl)c2)c2cccc(C(F)(F)F)n2)C(=O)O1. The maximum atomic E-state index is 13.5. The number of rotatable bonds is 4. The Labute approximate surface area is 160 Å². The summed E-state index contributed by atoms with van der Waals surface area (Å²) >= 11 is 5.79. The molecule has 2 amide bonds. The highest BCUT2D eigenvalue weighted by atomic mass is 35.5. The molecule has 6 nitrogen and oxygen atoms in total. The van der Waals surface area contributed by atoms with Crippen LogP contribution in [0.15, 0.2) is 36.4 Å². The zero-order valence-electron chi connectivity index (χ0n) is 13.9. The summed E-state index contributed by atoms with van der Waals surface area (Å²) in [5, 5.41) is -0.298. The molecule has 148 valence electrons. The van der Waals surface area contributed by atoms with Gasteiger partial charge >= 0.3 is 12.3 Å². The monoisotopic (exact) mass is 417 g/mol. The van der Waals surface area contributed by atoms with Crippen LogP contribution in [0, 0.1) is 5.82 Å². The number of pyridine rings is 1. The van der Waals surface area contributed by atoms with E-state index < -0.39 is 41.8 Å². The summed E-state index contributed by atoms with van der Waals surface area (Å²) in [5.74, 6) is -1.66. The molecule has 3 rings (SSSR count). The minimum absolute atomic E-state index is 0.167. The van der Waals surface area contributed by atoms with Crippen molar-refractivity contribution < 1.29 is 31.9 Å². The van der Waals surface area contributed by atoms with Crippen molar-refractivity contribution in [2.75, 3.05) is 6.54 Å². The zero-order valence-corrected chi connectivity index (χ0v) is 14.7. The number of primary amides is 1. The standard InChI is InChI=1S/C17H12ClF4N3O3/c18-9-6-8(4-5-10(9)19)14(25-7-12(15(23)26)28-16(25)27)11-2-1-3-13(24-11)17(20,21)22/h1-6,12,14H,7H2,(H2,23,26)/t12?,14-/m1/s1. The molecule has 0 spiro atoms. The number of hydrogen-bond acceptors (Lipinski definition) is 4. The molecule has 1 aromatic heterocycles. The lowest BCUT2D eigenvalue weighted by atomic mass is 10.0. The van der Waals surface area contributed by atoms with Crippen LogP contribution in [0.5, 0.6) is 0 Å². The van der Waals surface area contributed by atoms with Gasteiger partial charge in [-0.15, -0.1) is 0 Å². The molecule has 1 fully saturated rings. The van der Waals surface area contributed by atoms with E-state index in [1.54, 1.807) is 0 Å². The first-order chi connectivity index (χ1) is 13.1. The number of nitrogens with two attached hydrogens (primary N) is 1. The molecule has 2 aromatic rings. The van der Waals surface area contributed by atoms with E-state index in [1.165, 1.54) is 12.1 Å². The Hall–Kier alpha value is -2.88. The molecule has 11 heteroatoms. The number of alkyl halides is 3. The summed E-state index contributed by atoms with van der Waals surface area (Å²) in [6, 6.07) is 5.36. The molecule has 1 unspecified atom stereocenters. The van der Waals surface area contributed by atoms with E-state index in [4.69, 9.17) is 22.1 Å². The summed E-state index contributed by atoms with van der Waals surface area (Å²) in [5.41, 5.74) is 3.98. The molecule has 0 bridgehead atoms. The van der Waals surface area contributed by atoms with Crippen molar-refractivity contribution in [2.24, 2.45) is 5.73 Å².